The molecular formula is C21H28N2O4. The number of benzene rings is 1. The lowest BCUT2D eigenvalue weighted by atomic mass is 9.65. The van der Waals surface area contributed by atoms with E-state index in [4.69, 9.17) is 19.9 Å². The van der Waals surface area contributed by atoms with Gasteiger partial charge in [-0.3, -0.25) is 4.79 Å². The van der Waals surface area contributed by atoms with E-state index in [1.54, 1.807) is 7.11 Å². The van der Waals surface area contributed by atoms with Gasteiger partial charge in [-0.25, -0.2) is 0 Å². The number of methoxy groups -OCH3 is 2. The zero-order valence-corrected chi connectivity index (χ0v) is 16.1. The first-order valence-electron chi connectivity index (χ1n) is 9.60. The number of hydrogen-bond acceptors (Lipinski definition) is 5. The first-order valence-corrected chi connectivity index (χ1v) is 9.60. The second-order valence-electron chi connectivity index (χ2n) is 7.65. The van der Waals surface area contributed by atoms with Gasteiger partial charge in [-0.05, 0) is 69.1 Å². The molecule has 0 spiro atoms. The molecule has 6 heteroatoms. The summed E-state index contributed by atoms with van der Waals surface area (Å²) in [6.07, 6.45) is 6.54. The Bertz CT molecular complexity index is 726. The van der Waals surface area contributed by atoms with Gasteiger partial charge in [-0.15, -0.1) is 0 Å². The molecule has 1 amide bonds. The van der Waals surface area contributed by atoms with Gasteiger partial charge in [-0.1, -0.05) is 6.07 Å². The fourth-order valence-corrected chi connectivity index (χ4v) is 4.35. The molecule has 2 aliphatic carbocycles. The number of rotatable bonds is 6. The molecule has 2 N–H and O–H groups in total. The van der Waals surface area contributed by atoms with Crippen molar-refractivity contribution in [3.8, 4) is 17.6 Å². The third kappa shape index (κ3) is 3.61. The minimum absolute atomic E-state index is 0.203. The molecule has 2 saturated carbocycles. The molecule has 0 radical (unpaired) electrons. The predicted octanol–water partition coefficient (Wildman–Crippen LogP) is 3.22. The van der Waals surface area contributed by atoms with Gasteiger partial charge in [0.15, 0.2) is 11.5 Å². The standard InChI is InChI=1S/C21H28N2O4/c1-25-17-8-7-15(13-18(17)27-16-5-3-4-6-16)20(14-22)9-11-21(26-2,12-10-20)19(23)24/h7-8,13,16H,3-6,9-12H2,1-2H3,(H2,23,24)/t20-,21-. The summed E-state index contributed by atoms with van der Waals surface area (Å²) in [7, 11) is 3.13. The Kier molecular flexibility index (Phi) is 5.61. The molecule has 2 fully saturated rings. The first-order chi connectivity index (χ1) is 13.0. The predicted molar refractivity (Wildman–Crippen MR) is 101 cm³/mol. The number of nitrogens with zero attached hydrogens (tertiary/aromatic N) is 1. The second kappa shape index (κ2) is 7.77. The van der Waals surface area contributed by atoms with Gasteiger partial charge in [0.1, 0.15) is 5.60 Å². The van der Waals surface area contributed by atoms with Crippen LogP contribution in [0.15, 0.2) is 18.2 Å². The molecule has 0 atom stereocenters. The van der Waals surface area contributed by atoms with Crippen LogP contribution in [0.3, 0.4) is 0 Å². The zero-order valence-electron chi connectivity index (χ0n) is 16.1. The summed E-state index contributed by atoms with van der Waals surface area (Å²) in [5.74, 6) is 0.907. The van der Waals surface area contributed by atoms with Gasteiger partial charge in [0, 0.05) is 7.11 Å². The molecule has 2 aliphatic rings. The van der Waals surface area contributed by atoms with E-state index in [0.717, 1.165) is 18.4 Å². The summed E-state index contributed by atoms with van der Waals surface area (Å²) in [6, 6.07) is 8.21. The van der Waals surface area contributed by atoms with E-state index in [-0.39, 0.29) is 6.10 Å². The lowest BCUT2D eigenvalue weighted by molar-refractivity contribution is -0.145. The average Bonchev–Trinajstić information content (AvgIpc) is 3.21. The minimum Gasteiger partial charge on any atom is -0.493 e. The fourth-order valence-electron chi connectivity index (χ4n) is 4.35. The molecule has 1 aromatic rings. The summed E-state index contributed by atoms with van der Waals surface area (Å²) < 4.78 is 17.1. The van der Waals surface area contributed by atoms with Crippen molar-refractivity contribution in [3.63, 3.8) is 0 Å². The normalized spacial score (nSPS) is 28.5. The number of nitriles is 1. The van der Waals surface area contributed by atoms with E-state index in [2.05, 4.69) is 6.07 Å². The zero-order chi connectivity index (χ0) is 19.5. The van der Waals surface area contributed by atoms with Crippen LogP contribution < -0.4 is 15.2 Å². The van der Waals surface area contributed by atoms with E-state index in [9.17, 15) is 10.1 Å². The number of ether oxygens (including phenoxy) is 3. The molecular weight excluding hydrogens is 344 g/mol. The van der Waals surface area contributed by atoms with Crippen LogP contribution in [0.4, 0.5) is 0 Å². The Morgan fingerprint density at radius 2 is 1.81 bits per heavy atom. The number of amides is 1. The lowest BCUT2D eigenvalue weighted by Gasteiger charge is -2.41. The maximum atomic E-state index is 11.9. The van der Waals surface area contributed by atoms with Crippen molar-refractivity contribution < 1.29 is 19.0 Å². The highest BCUT2D eigenvalue weighted by Gasteiger charge is 2.47. The van der Waals surface area contributed by atoms with Crippen LogP contribution in [0, 0.1) is 11.3 Å². The van der Waals surface area contributed by atoms with E-state index < -0.39 is 16.9 Å². The summed E-state index contributed by atoms with van der Waals surface area (Å²) in [5.41, 5.74) is 4.79. The third-order valence-electron chi connectivity index (χ3n) is 6.28. The van der Waals surface area contributed by atoms with Crippen LogP contribution in [0.2, 0.25) is 0 Å². The smallest absolute Gasteiger partial charge is 0.249 e. The average molecular weight is 372 g/mol. The molecule has 0 unspecified atom stereocenters. The van der Waals surface area contributed by atoms with Crippen LogP contribution in [0.5, 0.6) is 11.5 Å². The van der Waals surface area contributed by atoms with Gasteiger partial charge >= 0.3 is 0 Å². The molecule has 1 aromatic carbocycles. The van der Waals surface area contributed by atoms with Crippen LogP contribution in [-0.4, -0.2) is 31.8 Å². The second-order valence-corrected chi connectivity index (χ2v) is 7.65. The Hall–Kier alpha value is -2.26. The van der Waals surface area contributed by atoms with Crippen molar-refractivity contribution in [2.75, 3.05) is 14.2 Å². The summed E-state index contributed by atoms with van der Waals surface area (Å²) in [6.45, 7) is 0. The molecule has 6 nitrogen and oxygen atoms in total. The SMILES string of the molecule is COc1ccc([C@]2(C#N)CC[C@](OC)(C(N)=O)CC2)cc1OC1CCCC1. The van der Waals surface area contributed by atoms with Crippen molar-refractivity contribution in [2.24, 2.45) is 5.73 Å². The van der Waals surface area contributed by atoms with Crippen LogP contribution in [0.1, 0.15) is 56.9 Å². The van der Waals surface area contributed by atoms with Crippen molar-refractivity contribution in [1.82, 2.24) is 0 Å². The van der Waals surface area contributed by atoms with E-state index in [1.807, 2.05) is 18.2 Å². The maximum Gasteiger partial charge on any atom is 0.249 e. The number of carbonyl (C=O) groups excluding carboxylic acids is 1. The van der Waals surface area contributed by atoms with E-state index in [0.29, 0.717) is 37.2 Å². The molecule has 27 heavy (non-hydrogen) atoms. The highest BCUT2D eigenvalue weighted by molar-refractivity contribution is 5.83. The van der Waals surface area contributed by atoms with Crippen LogP contribution in [0.25, 0.3) is 0 Å². The van der Waals surface area contributed by atoms with Crippen molar-refractivity contribution in [3.05, 3.63) is 23.8 Å². The molecule has 0 heterocycles. The Labute approximate surface area is 160 Å². The van der Waals surface area contributed by atoms with E-state index >= 15 is 0 Å². The van der Waals surface area contributed by atoms with Crippen molar-refractivity contribution in [2.45, 2.75) is 68.5 Å². The summed E-state index contributed by atoms with van der Waals surface area (Å²) >= 11 is 0. The molecule has 0 aliphatic heterocycles. The Morgan fingerprint density at radius 3 is 2.33 bits per heavy atom. The Morgan fingerprint density at radius 1 is 1.15 bits per heavy atom. The molecule has 146 valence electrons. The van der Waals surface area contributed by atoms with Crippen LogP contribution in [-0.2, 0) is 14.9 Å². The van der Waals surface area contributed by atoms with Gasteiger partial charge in [0.05, 0.1) is 24.7 Å². The highest BCUT2D eigenvalue weighted by atomic mass is 16.5. The largest absolute Gasteiger partial charge is 0.493 e. The van der Waals surface area contributed by atoms with Crippen molar-refractivity contribution in [1.29, 1.82) is 5.26 Å². The quantitative estimate of drug-likeness (QED) is 0.827. The summed E-state index contributed by atoms with van der Waals surface area (Å²) in [5, 5.41) is 10.00. The molecule has 3 rings (SSSR count). The molecule has 0 bridgehead atoms. The number of hydrogen-bond donors (Lipinski definition) is 1. The number of carbonyl (C=O) groups is 1. The fraction of sp³-hybridized carbons (Fsp3) is 0.619. The third-order valence-corrected chi connectivity index (χ3v) is 6.28. The minimum atomic E-state index is -0.976. The topological polar surface area (TPSA) is 94.6 Å². The highest BCUT2D eigenvalue weighted by Crippen LogP contribution is 2.46. The molecule has 0 aromatic heterocycles. The maximum absolute atomic E-state index is 11.9. The van der Waals surface area contributed by atoms with Gasteiger partial charge in [0.2, 0.25) is 5.91 Å². The number of nitrogens with two attached hydrogens (primary N) is 1. The van der Waals surface area contributed by atoms with Gasteiger partial charge in [-0.2, -0.15) is 5.26 Å². The van der Waals surface area contributed by atoms with E-state index in [1.165, 1.54) is 20.0 Å². The lowest BCUT2D eigenvalue weighted by Crippen LogP contribution is -2.50. The monoisotopic (exact) mass is 372 g/mol. The van der Waals surface area contributed by atoms with Gasteiger partial charge in [0.25, 0.3) is 0 Å². The van der Waals surface area contributed by atoms with Gasteiger partial charge < -0.3 is 19.9 Å². The number of primary amides is 1. The molecule has 0 saturated heterocycles. The van der Waals surface area contributed by atoms with Crippen molar-refractivity contribution >= 4 is 5.91 Å². The Balaban J connectivity index is 1.87. The first kappa shape index (κ1) is 19.5. The van der Waals surface area contributed by atoms with Crippen LogP contribution >= 0.6 is 0 Å². The summed E-state index contributed by atoms with van der Waals surface area (Å²) in [4.78, 5) is 11.9.